The van der Waals surface area contributed by atoms with Crippen LogP contribution in [0.2, 0.25) is 0 Å². The molecule has 2 rings (SSSR count). The Labute approximate surface area is 142 Å². The lowest BCUT2D eigenvalue weighted by atomic mass is 10.0. The van der Waals surface area contributed by atoms with Gasteiger partial charge < -0.3 is 15.2 Å². The Hall–Kier alpha value is -3.23. The predicted octanol–water partition coefficient (Wildman–Crippen LogP) is 1.53. The van der Waals surface area contributed by atoms with Gasteiger partial charge in [0.2, 0.25) is 0 Å². The van der Waals surface area contributed by atoms with E-state index in [1.165, 1.54) is 6.08 Å². The van der Waals surface area contributed by atoms with Crippen LogP contribution in [-0.2, 0) is 9.53 Å². The monoisotopic (exact) mass is 348 g/mol. The molecule has 0 heterocycles. The number of carboxylic acid groups (broad SMARTS) is 1. The number of ether oxygens (including phenoxy) is 1. The fourth-order valence-electron chi connectivity index (χ4n) is 2.55. The number of nitro groups is 1. The van der Waals surface area contributed by atoms with E-state index in [0.29, 0.717) is 0 Å². The van der Waals surface area contributed by atoms with Gasteiger partial charge in [-0.15, -0.1) is 6.58 Å². The van der Waals surface area contributed by atoms with Gasteiger partial charge in [-0.25, -0.2) is 9.59 Å². The summed E-state index contributed by atoms with van der Waals surface area (Å²) in [6.07, 6.45) is 1.75. The molecule has 1 aliphatic carbocycles. The van der Waals surface area contributed by atoms with E-state index in [9.17, 15) is 29.6 Å². The summed E-state index contributed by atoms with van der Waals surface area (Å²) < 4.78 is 4.95. The molecule has 2 N–H and O–H groups in total. The number of aromatic carboxylic acids is 1. The van der Waals surface area contributed by atoms with Crippen molar-refractivity contribution in [3.8, 4) is 0 Å². The molecule has 0 aromatic heterocycles. The normalized spacial score (nSPS) is 21.1. The average Bonchev–Trinajstić information content (AvgIpc) is 3.28. The third-order valence-electron chi connectivity index (χ3n) is 3.96. The zero-order valence-electron chi connectivity index (χ0n) is 13.4. The molecule has 1 amide bonds. The van der Waals surface area contributed by atoms with Crippen molar-refractivity contribution in [2.45, 2.75) is 18.9 Å². The summed E-state index contributed by atoms with van der Waals surface area (Å²) in [6.45, 7) is 5.30. The molecule has 9 heteroatoms. The first-order valence-electron chi connectivity index (χ1n) is 7.40. The maximum Gasteiger partial charge on any atom is 0.336 e. The Morgan fingerprint density at radius 2 is 2.16 bits per heavy atom. The standard InChI is InChI=1S/C16H16N2O7/c1-3-9-8-16(9,15(22)25-4-2)17-13(19)12-7-10(18(23)24)5-6-11(12)14(20)21/h3,5-7,9H,1,4,8H2,2H3,(H,17,19)(H,20,21). The Kier molecular flexibility index (Phi) is 4.87. The number of amides is 1. The third kappa shape index (κ3) is 3.35. The fourth-order valence-corrected chi connectivity index (χ4v) is 2.55. The zero-order chi connectivity index (χ0) is 18.8. The number of carbonyl (C=O) groups excluding carboxylic acids is 2. The molecule has 0 aliphatic heterocycles. The van der Waals surface area contributed by atoms with Crippen LogP contribution in [-0.4, -0.2) is 40.0 Å². The molecule has 1 saturated carbocycles. The Balaban J connectivity index is 2.38. The molecule has 2 atom stereocenters. The zero-order valence-corrected chi connectivity index (χ0v) is 13.4. The molecule has 0 bridgehead atoms. The van der Waals surface area contributed by atoms with Crippen molar-refractivity contribution < 1.29 is 29.2 Å². The van der Waals surface area contributed by atoms with E-state index in [4.69, 9.17) is 4.74 Å². The highest BCUT2D eigenvalue weighted by molar-refractivity contribution is 6.07. The van der Waals surface area contributed by atoms with E-state index >= 15 is 0 Å². The lowest BCUT2D eigenvalue weighted by Crippen LogP contribution is -2.46. The lowest BCUT2D eigenvalue weighted by Gasteiger charge is -2.18. The Morgan fingerprint density at radius 1 is 1.48 bits per heavy atom. The number of benzene rings is 1. The molecular formula is C16H16N2O7. The molecule has 1 aromatic rings. The van der Waals surface area contributed by atoms with Gasteiger partial charge in [0.1, 0.15) is 5.54 Å². The molecule has 0 radical (unpaired) electrons. The number of rotatable bonds is 7. The smallest absolute Gasteiger partial charge is 0.336 e. The van der Waals surface area contributed by atoms with Crippen molar-refractivity contribution in [1.29, 1.82) is 0 Å². The fraction of sp³-hybridized carbons (Fsp3) is 0.312. The maximum atomic E-state index is 12.5. The maximum absolute atomic E-state index is 12.5. The van der Waals surface area contributed by atoms with Gasteiger partial charge in [-0.3, -0.25) is 14.9 Å². The highest BCUT2D eigenvalue weighted by Crippen LogP contribution is 2.45. The molecule has 1 fully saturated rings. The molecular weight excluding hydrogens is 332 g/mol. The van der Waals surface area contributed by atoms with Crippen LogP contribution in [0.1, 0.15) is 34.1 Å². The highest BCUT2D eigenvalue weighted by atomic mass is 16.6. The minimum atomic E-state index is -1.42. The lowest BCUT2D eigenvalue weighted by molar-refractivity contribution is -0.384. The van der Waals surface area contributed by atoms with E-state index in [0.717, 1.165) is 18.2 Å². The largest absolute Gasteiger partial charge is 0.478 e. The number of carbonyl (C=O) groups is 3. The SMILES string of the molecule is C=CC1CC1(NC(=O)c1cc([N+](=O)[O-])ccc1C(=O)O)C(=O)OCC. The number of esters is 1. The van der Waals surface area contributed by atoms with E-state index in [1.807, 2.05) is 0 Å². The van der Waals surface area contributed by atoms with Crippen molar-refractivity contribution in [1.82, 2.24) is 5.32 Å². The van der Waals surface area contributed by atoms with Crippen LogP contribution < -0.4 is 5.32 Å². The van der Waals surface area contributed by atoms with Crippen LogP contribution in [0.25, 0.3) is 0 Å². The van der Waals surface area contributed by atoms with Crippen molar-refractivity contribution >= 4 is 23.5 Å². The number of hydrogen-bond acceptors (Lipinski definition) is 6. The van der Waals surface area contributed by atoms with Crippen molar-refractivity contribution in [2.75, 3.05) is 6.61 Å². The van der Waals surface area contributed by atoms with Crippen LogP contribution in [0, 0.1) is 16.0 Å². The van der Waals surface area contributed by atoms with E-state index in [2.05, 4.69) is 11.9 Å². The molecule has 0 saturated heterocycles. The number of nitrogens with one attached hydrogen (secondary N) is 1. The Bertz CT molecular complexity index is 774. The van der Waals surface area contributed by atoms with Gasteiger partial charge in [0.05, 0.1) is 22.7 Å². The number of nitrogens with zero attached hydrogens (tertiary/aromatic N) is 1. The summed E-state index contributed by atoms with van der Waals surface area (Å²) in [4.78, 5) is 46.1. The molecule has 0 spiro atoms. The van der Waals surface area contributed by atoms with E-state index in [-0.39, 0.29) is 18.9 Å². The number of non-ortho nitro benzene ring substituents is 1. The van der Waals surface area contributed by atoms with Gasteiger partial charge >= 0.3 is 11.9 Å². The molecule has 1 aromatic carbocycles. The summed E-state index contributed by atoms with van der Waals surface area (Å²) in [6, 6.07) is 2.83. The summed E-state index contributed by atoms with van der Waals surface area (Å²) in [5.41, 5.74) is -2.57. The third-order valence-corrected chi connectivity index (χ3v) is 3.96. The van der Waals surface area contributed by atoms with Crippen LogP contribution in [0.3, 0.4) is 0 Å². The summed E-state index contributed by atoms with van der Waals surface area (Å²) >= 11 is 0. The minimum Gasteiger partial charge on any atom is -0.478 e. The second-order valence-corrected chi connectivity index (χ2v) is 5.48. The van der Waals surface area contributed by atoms with E-state index < -0.39 is 45.1 Å². The Morgan fingerprint density at radius 3 is 2.64 bits per heavy atom. The van der Waals surface area contributed by atoms with Crippen LogP contribution >= 0.6 is 0 Å². The second kappa shape index (κ2) is 6.71. The van der Waals surface area contributed by atoms with Crippen molar-refractivity contribution in [3.63, 3.8) is 0 Å². The van der Waals surface area contributed by atoms with E-state index in [1.54, 1.807) is 6.92 Å². The average molecular weight is 348 g/mol. The summed E-state index contributed by atoms with van der Waals surface area (Å²) in [7, 11) is 0. The number of hydrogen-bond donors (Lipinski definition) is 2. The van der Waals surface area contributed by atoms with Gasteiger partial charge in [0.15, 0.2) is 0 Å². The van der Waals surface area contributed by atoms with Gasteiger partial charge in [-0.05, 0) is 19.4 Å². The minimum absolute atomic E-state index is 0.109. The van der Waals surface area contributed by atoms with Gasteiger partial charge in [-0.2, -0.15) is 0 Å². The molecule has 132 valence electrons. The first-order valence-corrected chi connectivity index (χ1v) is 7.40. The topological polar surface area (TPSA) is 136 Å². The summed E-state index contributed by atoms with van der Waals surface area (Å²) in [5.74, 6) is -3.34. The van der Waals surface area contributed by atoms with Gasteiger partial charge in [-0.1, -0.05) is 6.08 Å². The van der Waals surface area contributed by atoms with Gasteiger partial charge in [0.25, 0.3) is 11.6 Å². The number of carboxylic acids is 1. The molecule has 9 nitrogen and oxygen atoms in total. The van der Waals surface area contributed by atoms with Crippen molar-refractivity contribution in [2.24, 2.45) is 5.92 Å². The first kappa shape index (κ1) is 18.1. The first-order chi connectivity index (χ1) is 11.8. The molecule has 1 aliphatic rings. The molecule has 2 unspecified atom stereocenters. The molecule has 25 heavy (non-hydrogen) atoms. The van der Waals surface area contributed by atoms with Crippen LogP contribution in [0.5, 0.6) is 0 Å². The van der Waals surface area contributed by atoms with Crippen molar-refractivity contribution in [3.05, 3.63) is 52.1 Å². The second-order valence-electron chi connectivity index (χ2n) is 5.48. The quantitative estimate of drug-likeness (QED) is 0.330. The highest BCUT2D eigenvalue weighted by Gasteiger charge is 2.61. The van der Waals surface area contributed by atoms with Crippen LogP contribution in [0.4, 0.5) is 5.69 Å². The number of nitro benzene ring substituents is 1. The predicted molar refractivity (Wildman–Crippen MR) is 85.2 cm³/mol. The summed E-state index contributed by atoms with van der Waals surface area (Å²) in [5, 5.41) is 22.5. The van der Waals surface area contributed by atoms with Crippen LogP contribution in [0.15, 0.2) is 30.9 Å². The van der Waals surface area contributed by atoms with Gasteiger partial charge in [0, 0.05) is 18.1 Å².